The molecule has 152 valence electrons. The molecule has 1 aliphatic heterocycles. The summed E-state index contributed by atoms with van der Waals surface area (Å²) < 4.78 is 18.3. The number of carbonyl (C=O) groups excluding carboxylic acids is 1. The van der Waals surface area contributed by atoms with Crippen molar-refractivity contribution in [3.63, 3.8) is 0 Å². The van der Waals surface area contributed by atoms with Crippen LogP contribution in [-0.2, 0) is 19.5 Å². The van der Waals surface area contributed by atoms with Gasteiger partial charge >= 0.3 is 0 Å². The zero-order valence-electron chi connectivity index (χ0n) is 16.4. The average molecular weight is 421 g/mol. The van der Waals surface area contributed by atoms with Gasteiger partial charge in [0.25, 0.3) is 5.91 Å². The van der Waals surface area contributed by atoms with Gasteiger partial charge in [0.05, 0.1) is 19.2 Å². The van der Waals surface area contributed by atoms with E-state index in [0.717, 1.165) is 26.8 Å². The Bertz CT molecular complexity index is 1100. The summed E-state index contributed by atoms with van der Waals surface area (Å²) in [6, 6.07) is 15.7. The maximum Gasteiger partial charge on any atom is 0.254 e. The van der Waals surface area contributed by atoms with Crippen molar-refractivity contribution in [3.05, 3.63) is 81.5 Å². The number of hydrogen-bond acceptors (Lipinski definition) is 5. The summed E-state index contributed by atoms with van der Waals surface area (Å²) in [5, 5.41) is 13.9. The Morgan fingerprint density at radius 2 is 1.97 bits per heavy atom. The Kier molecular flexibility index (Phi) is 5.68. The van der Waals surface area contributed by atoms with Crippen molar-refractivity contribution in [1.82, 2.24) is 4.90 Å². The van der Waals surface area contributed by atoms with Gasteiger partial charge in [-0.2, -0.15) is 5.26 Å². The molecule has 1 aromatic heterocycles. The molecule has 0 unspecified atom stereocenters. The quantitative estimate of drug-likeness (QED) is 0.655. The third-order valence-electron chi connectivity index (χ3n) is 5.16. The first kappa shape index (κ1) is 19.9. The monoisotopic (exact) mass is 421 g/mol. The number of fused-ring (bicyclic) bond motifs is 1. The molecule has 0 aliphatic carbocycles. The van der Waals surface area contributed by atoms with Crippen molar-refractivity contribution in [2.75, 3.05) is 19.0 Å². The van der Waals surface area contributed by atoms with Gasteiger partial charge in [0.2, 0.25) is 0 Å². The Hall–Kier alpha value is -3.37. The van der Waals surface area contributed by atoms with Crippen LogP contribution in [0.15, 0.2) is 48.5 Å². The average Bonchev–Trinajstić information content (AvgIpc) is 3.14. The number of rotatable bonds is 5. The highest BCUT2D eigenvalue weighted by Gasteiger charge is 2.27. The Labute approximate surface area is 178 Å². The maximum atomic E-state index is 13.1. The van der Waals surface area contributed by atoms with Gasteiger partial charge in [-0.15, -0.1) is 11.3 Å². The molecular formula is C23H20FN3O2S. The minimum absolute atomic E-state index is 0.125. The van der Waals surface area contributed by atoms with Crippen molar-refractivity contribution < 1.29 is 13.9 Å². The fourth-order valence-electron chi connectivity index (χ4n) is 3.52. The molecule has 0 spiro atoms. The van der Waals surface area contributed by atoms with Crippen LogP contribution in [0, 0.1) is 17.1 Å². The topological polar surface area (TPSA) is 65.4 Å². The highest BCUT2D eigenvalue weighted by Crippen LogP contribution is 2.37. The number of nitrogens with one attached hydrogen (secondary N) is 1. The molecule has 0 bridgehead atoms. The highest BCUT2D eigenvalue weighted by molar-refractivity contribution is 7.16. The number of nitrogens with zero attached hydrogens (tertiary/aromatic N) is 2. The van der Waals surface area contributed by atoms with Crippen LogP contribution >= 0.6 is 11.3 Å². The van der Waals surface area contributed by atoms with E-state index in [1.807, 2.05) is 24.3 Å². The standard InChI is InChI=1S/C23H20FN3O2S/c1-29-18-8-2-15(3-9-18)13-26-22-20(12-25)19-10-11-27(14-21(19)30-22)23(28)16-4-6-17(24)7-5-16/h2-9,26H,10-11,13-14H2,1H3. The number of amides is 1. The lowest BCUT2D eigenvalue weighted by molar-refractivity contribution is 0.0737. The summed E-state index contributed by atoms with van der Waals surface area (Å²) in [6.45, 7) is 1.58. The zero-order chi connectivity index (χ0) is 21.1. The first-order valence-electron chi connectivity index (χ1n) is 9.55. The van der Waals surface area contributed by atoms with Gasteiger partial charge in [-0.1, -0.05) is 12.1 Å². The maximum absolute atomic E-state index is 13.1. The van der Waals surface area contributed by atoms with Crippen molar-refractivity contribution in [3.8, 4) is 11.8 Å². The predicted molar refractivity (Wildman–Crippen MR) is 114 cm³/mol. The van der Waals surface area contributed by atoms with Crippen LogP contribution in [0.5, 0.6) is 5.75 Å². The van der Waals surface area contributed by atoms with E-state index in [1.54, 1.807) is 12.0 Å². The van der Waals surface area contributed by atoms with E-state index in [0.29, 0.717) is 37.2 Å². The van der Waals surface area contributed by atoms with E-state index in [-0.39, 0.29) is 11.7 Å². The van der Waals surface area contributed by atoms with E-state index in [1.165, 1.54) is 35.6 Å². The smallest absolute Gasteiger partial charge is 0.254 e. The first-order valence-corrected chi connectivity index (χ1v) is 10.4. The van der Waals surface area contributed by atoms with Crippen LogP contribution in [-0.4, -0.2) is 24.5 Å². The van der Waals surface area contributed by atoms with Crippen LogP contribution in [0.2, 0.25) is 0 Å². The van der Waals surface area contributed by atoms with E-state index in [4.69, 9.17) is 4.74 Å². The van der Waals surface area contributed by atoms with Gasteiger partial charge < -0.3 is 15.0 Å². The minimum Gasteiger partial charge on any atom is -0.497 e. The molecule has 4 rings (SSSR count). The molecule has 5 nitrogen and oxygen atoms in total. The second-order valence-electron chi connectivity index (χ2n) is 7.00. The number of halogens is 1. The molecular weight excluding hydrogens is 401 g/mol. The number of nitriles is 1. The van der Waals surface area contributed by atoms with Crippen LogP contribution in [0.1, 0.15) is 31.9 Å². The number of methoxy groups -OCH3 is 1. The van der Waals surface area contributed by atoms with Gasteiger partial charge in [-0.3, -0.25) is 4.79 Å². The van der Waals surface area contributed by atoms with Crippen LogP contribution in [0.25, 0.3) is 0 Å². The van der Waals surface area contributed by atoms with Crippen molar-refractivity contribution in [1.29, 1.82) is 5.26 Å². The normalized spacial score (nSPS) is 12.8. The number of anilines is 1. The molecule has 2 aromatic carbocycles. The molecule has 1 N–H and O–H groups in total. The Morgan fingerprint density at radius 3 is 2.63 bits per heavy atom. The summed E-state index contributed by atoms with van der Waals surface area (Å²) in [4.78, 5) is 15.5. The van der Waals surface area contributed by atoms with Gasteiger partial charge in [-0.05, 0) is 53.9 Å². The lowest BCUT2D eigenvalue weighted by atomic mass is 10.0. The molecule has 30 heavy (non-hydrogen) atoms. The third-order valence-corrected chi connectivity index (χ3v) is 6.33. The Balaban J connectivity index is 1.49. The van der Waals surface area contributed by atoms with Gasteiger partial charge in [0, 0.05) is 23.5 Å². The first-order chi connectivity index (χ1) is 14.6. The zero-order valence-corrected chi connectivity index (χ0v) is 17.3. The second-order valence-corrected chi connectivity index (χ2v) is 8.11. The number of hydrogen-bond donors (Lipinski definition) is 1. The second kappa shape index (κ2) is 8.56. The van der Waals surface area contributed by atoms with Crippen LogP contribution < -0.4 is 10.1 Å². The molecule has 0 saturated heterocycles. The van der Waals surface area contributed by atoms with Crippen molar-refractivity contribution >= 4 is 22.2 Å². The van der Waals surface area contributed by atoms with Crippen LogP contribution in [0.4, 0.5) is 9.39 Å². The fraction of sp³-hybridized carbons (Fsp3) is 0.217. The van der Waals surface area contributed by atoms with Crippen LogP contribution in [0.3, 0.4) is 0 Å². The Morgan fingerprint density at radius 1 is 1.23 bits per heavy atom. The predicted octanol–water partition coefficient (Wildman–Crippen LogP) is 4.58. The SMILES string of the molecule is COc1ccc(CNc2sc3c(c2C#N)CCN(C(=O)c2ccc(F)cc2)C3)cc1. The molecule has 0 fully saturated rings. The molecule has 2 heterocycles. The van der Waals surface area contributed by atoms with E-state index >= 15 is 0 Å². The fourth-order valence-corrected chi connectivity index (χ4v) is 4.73. The summed E-state index contributed by atoms with van der Waals surface area (Å²) in [5.74, 6) is 0.311. The molecule has 7 heteroatoms. The largest absolute Gasteiger partial charge is 0.497 e. The highest BCUT2D eigenvalue weighted by atomic mass is 32.1. The molecule has 0 radical (unpaired) electrons. The third kappa shape index (κ3) is 4.00. The number of benzene rings is 2. The van der Waals surface area contributed by atoms with E-state index in [2.05, 4.69) is 11.4 Å². The molecule has 0 saturated carbocycles. The minimum atomic E-state index is -0.364. The summed E-state index contributed by atoms with van der Waals surface area (Å²) in [5.41, 5.74) is 3.23. The molecule has 3 aromatic rings. The summed E-state index contributed by atoms with van der Waals surface area (Å²) in [7, 11) is 1.63. The lowest BCUT2D eigenvalue weighted by Crippen LogP contribution is -2.35. The van der Waals surface area contributed by atoms with Crippen molar-refractivity contribution in [2.24, 2.45) is 0 Å². The summed E-state index contributed by atoms with van der Waals surface area (Å²) in [6.07, 6.45) is 0.631. The van der Waals surface area contributed by atoms with E-state index < -0.39 is 0 Å². The molecule has 1 amide bonds. The van der Waals surface area contributed by atoms with Gasteiger partial charge in [0.1, 0.15) is 22.6 Å². The summed E-state index contributed by atoms with van der Waals surface area (Å²) >= 11 is 1.52. The van der Waals surface area contributed by atoms with E-state index in [9.17, 15) is 14.4 Å². The number of ether oxygens (including phenoxy) is 1. The number of thiophene rings is 1. The molecule has 1 aliphatic rings. The number of carbonyl (C=O) groups is 1. The lowest BCUT2D eigenvalue weighted by Gasteiger charge is -2.27. The van der Waals surface area contributed by atoms with Gasteiger partial charge in [-0.25, -0.2) is 4.39 Å². The molecule has 0 atom stereocenters. The van der Waals surface area contributed by atoms with Crippen molar-refractivity contribution in [2.45, 2.75) is 19.5 Å². The van der Waals surface area contributed by atoms with Gasteiger partial charge in [0.15, 0.2) is 0 Å².